The highest BCUT2D eigenvalue weighted by molar-refractivity contribution is 6.00. The van der Waals surface area contributed by atoms with E-state index in [0.717, 1.165) is 72.7 Å². The van der Waals surface area contributed by atoms with Gasteiger partial charge in [0.15, 0.2) is 0 Å². The number of nitrogens with one attached hydrogen (secondary N) is 3. The summed E-state index contributed by atoms with van der Waals surface area (Å²) in [6.07, 6.45) is 13.0. The van der Waals surface area contributed by atoms with Gasteiger partial charge in [-0.3, -0.25) is 15.1 Å². The highest BCUT2D eigenvalue weighted by Gasteiger charge is 2.15. The third-order valence-electron chi connectivity index (χ3n) is 6.78. The van der Waals surface area contributed by atoms with Crippen LogP contribution in [0.5, 0.6) is 0 Å². The normalized spacial score (nSPS) is 12.1. The number of aromatic amines is 2. The van der Waals surface area contributed by atoms with E-state index in [0.29, 0.717) is 0 Å². The van der Waals surface area contributed by atoms with Gasteiger partial charge in [-0.05, 0) is 71.7 Å². The number of rotatable bonds is 8. The van der Waals surface area contributed by atoms with Crippen LogP contribution < -0.4 is 5.32 Å². The topological polar surface area (TPSA) is 95.2 Å². The summed E-state index contributed by atoms with van der Waals surface area (Å²) in [5.41, 5.74) is 9.87. The fraction of sp³-hybridized carbons (Fsp3) is 0.0303. The second-order valence-corrected chi connectivity index (χ2v) is 9.24. The molecule has 40 heavy (non-hydrogen) atoms. The Kier molecular flexibility index (Phi) is 6.60. The molecule has 0 amide bonds. The van der Waals surface area contributed by atoms with Crippen LogP contribution in [-0.2, 0) is 0 Å². The Hall–Kier alpha value is -5.56. The van der Waals surface area contributed by atoms with E-state index < -0.39 is 0 Å². The molecule has 0 spiro atoms. The van der Waals surface area contributed by atoms with Crippen LogP contribution in [0.25, 0.3) is 55.7 Å². The maximum absolute atomic E-state index is 4.71. The zero-order valence-corrected chi connectivity index (χ0v) is 22.0. The first-order valence-corrected chi connectivity index (χ1v) is 12.9. The summed E-state index contributed by atoms with van der Waals surface area (Å²) >= 11 is 0. The van der Waals surface area contributed by atoms with Crippen molar-refractivity contribution in [1.29, 1.82) is 0 Å². The lowest BCUT2D eigenvalue weighted by atomic mass is 10.0. The molecule has 5 aromatic heterocycles. The van der Waals surface area contributed by atoms with Crippen LogP contribution in [-0.4, -0.2) is 30.1 Å². The van der Waals surface area contributed by atoms with Crippen molar-refractivity contribution in [1.82, 2.24) is 35.5 Å². The molecule has 0 unspecified atom stereocenters. The van der Waals surface area contributed by atoms with Gasteiger partial charge in [-0.1, -0.05) is 49.6 Å². The number of allylic oxidation sites excluding steroid dienone is 4. The number of nitrogens with zero attached hydrogens (tertiary/aromatic N) is 4. The molecule has 5 heterocycles. The van der Waals surface area contributed by atoms with Crippen LogP contribution >= 0.6 is 0 Å². The van der Waals surface area contributed by atoms with E-state index in [1.54, 1.807) is 18.5 Å². The number of aromatic nitrogens is 6. The van der Waals surface area contributed by atoms with E-state index >= 15 is 0 Å². The quantitative estimate of drug-likeness (QED) is 0.183. The van der Waals surface area contributed by atoms with Gasteiger partial charge in [-0.15, -0.1) is 0 Å². The Morgan fingerprint density at radius 3 is 2.55 bits per heavy atom. The largest absolute Gasteiger partial charge is 0.356 e. The summed E-state index contributed by atoms with van der Waals surface area (Å²) in [5.74, 6) is 0. The second-order valence-electron chi connectivity index (χ2n) is 9.24. The van der Waals surface area contributed by atoms with Crippen LogP contribution in [0.3, 0.4) is 0 Å². The highest BCUT2D eigenvalue weighted by atomic mass is 15.1. The van der Waals surface area contributed by atoms with Gasteiger partial charge in [0, 0.05) is 40.8 Å². The smallest absolute Gasteiger partial charge is 0.138 e. The zero-order valence-electron chi connectivity index (χ0n) is 22.0. The van der Waals surface area contributed by atoms with E-state index in [1.165, 1.54) is 0 Å². The van der Waals surface area contributed by atoms with Gasteiger partial charge < -0.3 is 10.3 Å². The van der Waals surface area contributed by atoms with Crippen molar-refractivity contribution >= 4 is 33.2 Å². The van der Waals surface area contributed by atoms with Crippen LogP contribution in [0.2, 0.25) is 0 Å². The lowest BCUT2D eigenvalue weighted by Gasteiger charge is -2.12. The van der Waals surface area contributed by atoms with E-state index in [-0.39, 0.29) is 0 Å². The van der Waals surface area contributed by atoms with E-state index in [1.807, 2.05) is 80.0 Å². The first-order chi connectivity index (χ1) is 19.6. The number of hydrogen-bond acceptors (Lipinski definition) is 5. The van der Waals surface area contributed by atoms with Crippen molar-refractivity contribution in [2.45, 2.75) is 6.92 Å². The molecule has 0 aliphatic carbocycles. The minimum atomic E-state index is 0.793. The molecular formula is C33H27N7. The van der Waals surface area contributed by atoms with Crippen molar-refractivity contribution in [3.63, 3.8) is 0 Å². The second kappa shape index (κ2) is 10.7. The van der Waals surface area contributed by atoms with Crippen LogP contribution in [0.15, 0.2) is 123 Å². The fourth-order valence-electron chi connectivity index (χ4n) is 4.72. The van der Waals surface area contributed by atoms with Crippen LogP contribution in [0.1, 0.15) is 18.2 Å². The molecule has 0 atom stereocenters. The Labute approximate surface area is 231 Å². The van der Waals surface area contributed by atoms with Crippen LogP contribution in [0.4, 0.5) is 0 Å². The van der Waals surface area contributed by atoms with Crippen LogP contribution in [0, 0.1) is 0 Å². The molecule has 1 aromatic carbocycles. The summed E-state index contributed by atoms with van der Waals surface area (Å²) in [7, 11) is 0. The molecule has 0 aliphatic heterocycles. The molecule has 194 valence electrons. The van der Waals surface area contributed by atoms with E-state index in [9.17, 15) is 0 Å². The molecule has 0 fully saturated rings. The molecule has 0 aliphatic rings. The molecule has 3 N–H and O–H groups in total. The fourth-order valence-corrected chi connectivity index (χ4v) is 4.72. The SMILES string of the molecule is C=C/C(=C\C(=C/C)c1cc2c(-c3cc4c(-c5ccncc5)ccnc4[nH]3)n[nH]c2cn1)NC(=C)c1ccccc1. The maximum Gasteiger partial charge on any atom is 0.138 e. The van der Waals surface area contributed by atoms with Gasteiger partial charge in [0.05, 0.1) is 23.1 Å². The lowest BCUT2D eigenvalue weighted by Crippen LogP contribution is -2.09. The molecule has 7 nitrogen and oxygen atoms in total. The number of pyridine rings is 3. The molecule has 0 saturated heterocycles. The Balaban J connectivity index is 1.36. The van der Waals surface area contributed by atoms with Gasteiger partial charge in [0.1, 0.15) is 11.3 Å². The average molecular weight is 522 g/mol. The van der Waals surface area contributed by atoms with Gasteiger partial charge in [0.2, 0.25) is 0 Å². The number of H-pyrrole nitrogens is 2. The lowest BCUT2D eigenvalue weighted by molar-refractivity contribution is 1.11. The van der Waals surface area contributed by atoms with E-state index in [4.69, 9.17) is 4.98 Å². The minimum absolute atomic E-state index is 0.793. The van der Waals surface area contributed by atoms with Crippen molar-refractivity contribution in [3.8, 4) is 22.5 Å². The molecule has 0 saturated carbocycles. The predicted octanol–water partition coefficient (Wildman–Crippen LogP) is 7.30. The molecule has 0 radical (unpaired) electrons. The number of hydrogen-bond donors (Lipinski definition) is 3. The minimum Gasteiger partial charge on any atom is -0.356 e. The van der Waals surface area contributed by atoms with Gasteiger partial charge >= 0.3 is 0 Å². The Bertz CT molecular complexity index is 1910. The number of benzene rings is 1. The van der Waals surface area contributed by atoms with Crippen molar-refractivity contribution in [2.24, 2.45) is 0 Å². The maximum atomic E-state index is 4.71. The first-order valence-electron chi connectivity index (χ1n) is 12.9. The summed E-state index contributed by atoms with van der Waals surface area (Å²) in [4.78, 5) is 16.9. The van der Waals surface area contributed by atoms with E-state index in [2.05, 4.69) is 55.8 Å². The average Bonchev–Trinajstić information content (AvgIpc) is 3.64. The van der Waals surface area contributed by atoms with Gasteiger partial charge in [-0.2, -0.15) is 5.10 Å². The van der Waals surface area contributed by atoms with Gasteiger partial charge in [-0.25, -0.2) is 4.98 Å². The van der Waals surface area contributed by atoms with Crippen molar-refractivity contribution in [2.75, 3.05) is 0 Å². The highest BCUT2D eigenvalue weighted by Crippen LogP contribution is 2.33. The van der Waals surface area contributed by atoms with Gasteiger partial charge in [0.25, 0.3) is 0 Å². The molecule has 7 heteroatoms. The molecule has 6 rings (SSSR count). The zero-order chi connectivity index (χ0) is 27.5. The standard InChI is InChI=1S/C33H27N7/c1-4-22(17-25(5-2)37-21(3)23-9-7-6-8-10-23)29-19-28-31(20-36-29)39-40-32(28)30-18-27-26(13-16-35-33(27)38-30)24-11-14-34-15-12-24/h4-20,37H,2-3H2,1H3,(H,35,38)(H,39,40)/b22-4+,25-17+. The Morgan fingerprint density at radius 2 is 1.77 bits per heavy atom. The summed E-state index contributed by atoms with van der Waals surface area (Å²) in [6, 6.07) is 20.1. The first kappa shape index (κ1) is 24.8. The Morgan fingerprint density at radius 1 is 0.950 bits per heavy atom. The summed E-state index contributed by atoms with van der Waals surface area (Å²) < 4.78 is 0. The third kappa shape index (κ3) is 4.72. The summed E-state index contributed by atoms with van der Waals surface area (Å²) in [5, 5.41) is 13.1. The van der Waals surface area contributed by atoms with Crippen molar-refractivity contribution < 1.29 is 0 Å². The van der Waals surface area contributed by atoms with Crippen molar-refractivity contribution in [3.05, 3.63) is 134 Å². The molecule has 6 aromatic rings. The third-order valence-corrected chi connectivity index (χ3v) is 6.78. The molecule has 0 bridgehead atoms. The number of fused-ring (bicyclic) bond motifs is 2. The molecular weight excluding hydrogens is 494 g/mol. The predicted molar refractivity (Wildman–Crippen MR) is 163 cm³/mol. The monoisotopic (exact) mass is 521 g/mol. The summed E-state index contributed by atoms with van der Waals surface area (Å²) in [6.45, 7) is 10.2.